The molecule has 7 heteroatoms. The zero-order valence-electron chi connectivity index (χ0n) is 16.2. The number of nitrogens with one attached hydrogen (secondary N) is 1. The van der Waals surface area contributed by atoms with Crippen LogP contribution in [0.4, 0.5) is 0 Å². The van der Waals surface area contributed by atoms with Crippen molar-refractivity contribution in [3.8, 4) is 0 Å². The normalized spacial score (nSPS) is 19.1. The highest BCUT2D eigenvalue weighted by atomic mass is 16.5. The molecule has 2 aliphatic heterocycles. The van der Waals surface area contributed by atoms with Gasteiger partial charge in [0.05, 0.1) is 19.8 Å². The lowest BCUT2D eigenvalue weighted by Gasteiger charge is -2.33. The first-order valence-electron chi connectivity index (χ1n) is 9.83. The summed E-state index contributed by atoms with van der Waals surface area (Å²) in [7, 11) is 0. The fourth-order valence-electron chi connectivity index (χ4n) is 3.44. The first-order valence-corrected chi connectivity index (χ1v) is 9.83. The molecule has 0 atom stereocenters. The Hall–Kier alpha value is -1.96. The predicted octanol–water partition coefficient (Wildman–Crippen LogP) is 0.413. The van der Waals surface area contributed by atoms with Gasteiger partial charge in [0.2, 0.25) is 5.91 Å². The number of amides is 2. The second kappa shape index (κ2) is 9.82. The second-order valence-electron chi connectivity index (χ2n) is 7.09. The van der Waals surface area contributed by atoms with E-state index in [9.17, 15) is 9.59 Å². The number of carbonyl (C=O) groups is 2. The number of hydrogen-bond donors (Lipinski definition) is 1. The maximum Gasteiger partial charge on any atom is 0.254 e. The summed E-state index contributed by atoms with van der Waals surface area (Å²) in [5.74, 6) is 0.0912. The van der Waals surface area contributed by atoms with Crippen molar-refractivity contribution < 1.29 is 14.3 Å². The molecule has 27 heavy (non-hydrogen) atoms. The average molecular weight is 374 g/mol. The SMILES string of the molecule is CCN1CCN(CC(=O)NCc2ccc(C(=O)N3CCOCC3)cc2)CC1. The molecule has 1 aromatic carbocycles. The molecule has 1 aromatic rings. The molecule has 2 amide bonds. The van der Waals surface area contributed by atoms with Crippen molar-refractivity contribution in [1.29, 1.82) is 0 Å². The third kappa shape index (κ3) is 5.76. The lowest BCUT2D eigenvalue weighted by atomic mass is 10.1. The molecule has 2 fully saturated rings. The number of benzene rings is 1. The second-order valence-corrected chi connectivity index (χ2v) is 7.09. The van der Waals surface area contributed by atoms with Gasteiger partial charge in [0.1, 0.15) is 0 Å². The third-order valence-electron chi connectivity index (χ3n) is 5.27. The number of ether oxygens (including phenoxy) is 1. The molecular formula is C20H30N4O3. The highest BCUT2D eigenvalue weighted by molar-refractivity contribution is 5.94. The van der Waals surface area contributed by atoms with Crippen LogP contribution in [0.2, 0.25) is 0 Å². The van der Waals surface area contributed by atoms with Crippen molar-refractivity contribution in [1.82, 2.24) is 20.0 Å². The van der Waals surface area contributed by atoms with Crippen molar-refractivity contribution in [3.63, 3.8) is 0 Å². The molecule has 0 radical (unpaired) electrons. The van der Waals surface area contributed by atoms with Crippen LogP contribution in [0.3, 0.4) is 0 Å². The summed E-state index contributed by atoms with van der Waals surface area (Å²) in [6.45, 7) is 10.6. The van der Waals surface area contributed by atoms with Crippen molar-refractivity contribution in [2.45, 2.75) is 13.5 Å². The van der Waals surface area contributed by atoms with Gasteiger partial charge in [-0.1, -0.05) is 19.1 Å². The number of likely N-dealkylation sites (N-methyl/N-ethyl adjacent to an activating group) is 1. The highest BCUT2D eigenvalue weighted by Gasteiger charge is 2.19. The van der Waals surface area contributed by atoms with Gasteiger partial charge < -0.3 is 19.9 Å². The van der Waals surface area contributed by atoms with Crippen molar-refractivity contribution in [2.75, 3.05) is 65.6 Å². The Labute approximate surface area is 161 Å². The first-order chi connectivity index (χ1) is 13.2. The summed E-state index contributed by atoms with van der Waals surface area (Å²) < 4.78 is 5.28. The molecule has 148 valence electrons. The number of carbonyl (C=O) groups excluding carboxylic acids is 2. The number of nitrogens with zero attached hydrogens (tertiary/aromatic N) is 3. The number of piperazine rings is 1. The molecule has 0 aromatic heterocycles. The number of rotatable bonds is 6. The van der Waals surface area contributed by atoms with Crippen LogP contribution < -0.4 is 5.32 Å². The van der Waals surface area contributed by atoms with Gasteiger partial charge in [-0.05, 0) is 24.2 Å². The largest absolute Gasteiger partial charge is 0.378 e. The predicted molar refractivity (Wildman–Crippen MR) is 104 cm³/mol. The van der Waals surface area contributed by atoms with Crippen LogP contribution in [-0.4, -0.2) is 92.1 Å². The summed E-state index contributed by atoms with van der Waals surface area (Å²) in [6, 6.07) is 7.49. The summed E-state index contributed by atoms with van der Waals surface area (Å²) in [4.78, 5) is 31.0. The van der Waals surface area contributed by atoms with Crippen LogP contribution in [0, 0.1) is 0 Å². The topological polar surface area (TPSA) is 65.1 Å². The number of morpholine rings is 1. The maximum atomic E-state index is 12.4. The molecule has 2 saturated heterocycles. The molecule has 0 unspecified atom stereocenters. The van der Waals surface area contributed by atoms with Gasteiger partial charge in [0.25, 0.3) is 5.91 Å². The van der Waals surface area contributed by atoms with E-state index in [0.717, 1.165) is 38.3 Å². The van der Waals surface area contributed by atoms with Gasteiger partial charge in [-0.2, -0.15) is 0 Å². The van der Waals surface area contributed by atoms with E-state index in [1.807, 2.05) is 29.2 Å². The molecule has 2 heterocycles. The molecule has 3 rings (SSSR count). The third-order valence-corrected chi connectivity index (χ3v) is 5.27. The number of hydrogen-bond acceptors (Lipinski definition) is 5. The molecule has 1 N–H and O–H groups in total. The molecule has 2 aliphatic rings. The Morgan fingerprint density at radius 3 is 2.22 bits per heavy atom. The minimum atomic E-state index is 0.0418. The van der Waals surface area contributed by atoms with Crippen LogP contribution >= 0.6 is 0 Å². The lowest BCUT2D eigenvalue weighted by molar-refractivity contribution is -0.122. The van der Waals surface area contributed by atoms with E-state index in [4.69, 9.17) is 4.74 Å². The minimum Gasteiger partial charge on any atom is -0.378 e. The van der Waals surface area contributed by atoms with E-state index in [1.54, 1.807) is 0 Å². The Morgan fingerprint density at radius 1 is 0.963 bits per heavy atom. The smallest absolute Gasteiger partial charge is 0.254 e. The van der Waals surface area contributed by atoms with Gasteiger partial charge in [0, 0.05) is 51.4 Å². The van der Waals surface area contributed by atoms with Gasteiger partial charge in [-0.3, -0.25) is 14.5 Å². The maximum absolute atomic E-state index is 12.4. The lowest BCUT2D eigenvalue weighted by Crippen LogP contribution is -2.49. The van der Waals surface area contributed by atoms with Crippen molar-refractivity contribution in [3.05, 3.63) is 35.4 Å². The molecule has 0 bridgehead atoms. The monoisotopic (exact) mass is 374 g/mol. The first kappa shape index (κ1) is 19.8. The zero-order chi connectivity index (χ0) is 19.1. The fraction of sp³-hybridized carbons (Fsp3) is 0.600. The van der Waals surface area contributed by atoms with Crippen LogP contribution in [-0.2, 0) is 16.1 Å². The van der Waals surface area contributed by atoms with E-state index in [-0.39, 0.29) is 11.8 Å². The summed E-state index contributed by atoms with van der Waals surface area (Å²) >= 11 is 0. The van der Waals surface area contributed by atoms with Gasteiger partial charge in [-0.25, -0.2) is 0 Å². The van der Waals surface area contributed by atoms with Crippen LogP contribution in [0.5, 0.6) is 0 Å². The van der Waals surface area contributed by atoms with Gasteiger partial charge in [-0.15, -0.1) is 0 Å². The zero-order valence-corrected chi connectivity index (χ0v) is 16.2. The molecule has 0 saturated carbocycles. The van der Waals surface area contributed by atoms with E-state index in [2.05, 4.69) is 22.0 Å². The van der Waals surface area contributed by atoms with Crippen LogP contribution in [0.15, 0.2) is 24.3 Å². The Morgan fingerprint density at radius 2 is 1.59 bits per heavy atom. The molecular weight excluding hydrogens is 344 g/mol. The van der Waals surface area contributed by atoms with Crippen LogP contribution in [0.1, 0.15) is 22.8 Å². The molecule has 0 spiro atoms. The Balaban J connectivity index is 1.41. The quantitative estimate of drug-likeness (QED) is 0.782. The Kier molecular flexibility index (Phi) is 7.20. The van der Waals surface area contributed by atoms with E-state index < -0.39 is 0 Å². The summed E-state index contributed by atoms with van der Waals surface area (Å²) in [6.07, 6.45) is 0. The summed E-state index contributed by atoms with van der Waals surface area (Å²) in [5.41, 5.74) is 1.68. The molecule has 0 aliphatic carbocycles. The van der Waals surface area contributed by atoms with E-state index >= 15 is 0 Å². The van der Waals surface area contributed by atoms with Gasteiger partial charge in [0.15, 0.2) is 0 Å². The van der Waals surface area contributed by atoms with Crippen LogP contribution in [0.25, 0.3) is 0 Å². The standard InChI is InChI=1S/C20H30N4O3/c1-2-22-7-9-23(10-8-22)16-19(25)21-15-17-3-5-18(6-4-17)20(26)24-11-13-27-14-12-24/h3-6H,2,7-16H2,1H3,(H,21,25). The van der Waals surface area contributed by atoms with E-state index in [1.165, 1.54) is 0 Å². The van der Waals surface area contributed by atoms with Crippen molar-refractivity contribution >= 4 is 11.8 Å². The summed E-state index contributed by atoms with van der Waals surface area (Å²) in [5, 5.41) is 2.98. The van der Waals surface area contributed by atoms with Crippen molar-refractivity contribution in [2.24, 2.45) is 0 Å². The Bertz CT molecular complexity index is 621. The fourth-order valence-corrected chi connectivity index (χ4v) is 3.44. The molecule has 7 nitrogen and oxygen atoms in total. The minimum absolute atomic E-state index is 0.0418. The average Bonchev–Trinajstić information content (AvgIpc) is 2.73. The van der Waals surface area contributed by atoms with Gasteiger partial charge >= 0.3 is 0 Å². The highest BCUT2D eigenvalue weighted by Crippen LogP contribution is 2.09. The van der Waals surface area contributed by atoms with E-state index in [0.29, 0.717) is 45.0 Å².